The predicted octanol–water partition coefficient (Wildman–Crippen LogP) is 0.999. The van der Waals surface area contributed by atoms with Gasteiger partial charge in [-0.3, -0.25) is 0 Å². The first-order chi connectivity index (χ1) is 3.72. The molecule has 2 N–H and O–H groups in total. The molecule has 3 nitrogen and oxygen atoms in total. The van der Waals surface area contributed by atoms with Crippen molar-refractivity contribution >= 4 is 0 Å². The van der Waals surface area contributed by atoms with Gasteiger partial charge in [0.15, 0.2) is 5.75 Å². The van der Waals surface area contributed by atoms with E-state index in [2.05, 4.69) is 4.42 Å². The third-order valence-electron chi connectivity index (χ3n) is 0.987. The van der Waals surface area contributed by atoms with E-state index in [-0.39, 0.29) is 11.7 Å². The van der Waals surface area contributed by atoms with Gasteiger partial charge >= 0.3 is 0 Å². The fourth-order valence-electron chi connectivity index (χ4n) is 0.398. The van der Waals surface area contributed by atoms with Crippen LogP contribution in [0.1, 0.15) is 5.56 Å². The van der Waals surface area contributed by atoms with Crippen LogP contribution < -0.4 is 0 Å². The summed E-state index contributed by atoms with van der Waals surface area (Å²) < 4.78 is 4.40. The zero-order valence-corrected chi connectivity index (χ0v) is 4.38. The monoisotopic (exact) mass is 114 g/mol. The molecule has 1 aromatic rings. The van der Waals surface area contributed by atoms with Gasteiger partial charge in [-0.25, -0.2) is 0 Å². The van der Waals surface area contributed by atoms with E-state index in [0.29, 0.717) is 5.56 Å². The van der Waals surface area contributed by atoms with Crippen LogP contribution in [-0.2, 0) is 0 Å². The lowest BCUT2D eigenvalue weighted by Gasteiger charge is -1.81. The van der Waals surface area contributed by atoms with Crippen LogP contribution in [0, 0.1) is 6.92 Å². The van der Waals surface area contributed by atoms with Crippen molar-refractivity contribution in [3.05, 3.63) is 11.8 Å². The zero-order valence-electron chi connectivity index (χ0n) is 4.38. The molecule has 0 atom stereocenters. The summed E-state index contributed by atoms with van der Waals surface area (Å²) in [4.78, 5) is 0. The zero-order chi connectivity index (χ0) is 6.15. The van der Waals surface area contributed by atoms with E-state index in [4.69, 9.17) is 10.2 Å². The van der Waals surface area contributed by atoms with Crippen LogP contribution in [0.4, 0.5) is 0 Å². The molecule has 0 amide bonds. The molecular formula is C5H6O3. The van der Waals surface area contributed by atoms with E-state index in [1.54, 1.807) is 6.92 Å². The summed E-state index contributed by atoms with van der Waals surface area (Å²) in [6, 6.07) is 0. The summed E-state index contributed by atoms with van der Waals surface area (Å²) in [5.74, 6) is -0.231. The second-order valence-electron chi connectivity index (χ2n) is 1.55. The molecule has 1 rings (SSSR count). The third-order valence-corrected chi connectivity index (χ3v) is 0.987. The van der Waals surface area contributed by atoms with Crippen molar-refractivity contribution in [1.29, 1.82) is 0 Å². The van der Waals surface area contributed by atoms with Crippen molar-refractivity contribution in [2.24, 2.45) is 0 Å². The number of furan rings is 1. The number of rotatable bonds is 0. The molecule has 44 valence electrons. The molecule has 0 fully saturated rings. The van der Waals surface area contributed by atoms with Crippen molar-refractivity contribution in [3.63, 3.8) is 0 Å². The Labute approximate surface area is 46.2 Å². The molecule has 1 heterocycles. The molecule has 0 aliphatic carbocycles. The summed E-state index contributed by atoms with van der Waals surface area (Å²) >= 11 is 0. The van der Waals surface area contributed by atoms with E-state index in [1.165, 1.54) is 0 Å². The van der Waals surface area contributed by atoms with Crippen molar-refractivity contribution in [3.8, 4) is 11.7 Å². The van der Waals surface area contributed by atoms with E-state index in [0.717, 1.165) is 6.26 Å². The quantitative estimate of drug-likeness (QED) is 0.529. The SMILES string of the molecule is Cc1c(O)coc1O. The fourth-order valence-corrected chi connectivity index (χ4v) is 0.398. The lowest BCUT2D eigenvalue weighted by Crippen LogP contribution is -1.61. The smallest absolute Gasteiger partial charge is 0.288 e. The molecule has 0 bridgehead atoms. The second kappa shape index (κ2) is 1.43. The molecule has 1 aromatic heterocycles. The highest BCUT2D eigenvalue weighted by atomic mass is 16.5. The first-order valence-corrected chi connectivity index (χ1v) is 2.18. The largest absolute Gasteiger partial charge is 0.504 e. The van der Waals surface area contributed by atoms with Gasteiger partial charge in [-0.2, -0.15) is 0 Å². The van der Waals surface area contributed by atoms with Crippen LogP contribution in [0.3, 0.4) is 0 Å². The fraction of sp³-hybridized carbons (Fsp3) is 0.200. The summed E-state index contributed by atoms with van der Waals surface area (Å²) in [6.45, 7) is 1.56. The minimum Gasteiger partial charge on any atom is -0.504 e. The molecule has 0 saturated heterocycles. The molecular weight excluding hydrogens is 108 g/mol. The van der Waals surface area contributed by atoms with Crippen molar-refractivity contribution in [2.75, 3.05) is 0 Å². The summed E-state index contributed by atoms with van der Waals surface area (Å²) in [6.07, 6.45) is 1.09. The summed E-state index contributed by atoms with van der Waals surface area (Å²) in [5.41, 5.74) is 0.380. The van der Waals surface area contributed by atoms with Gasteiger partial charge in [-0.05, 0) is 6.92 Å². The van der Waals surface area contributed by atoms with Crippen LogP contribution in [0.25, 0.3) is 0 Å². The first-order valence-electron chi connectivity index (χ1n) is 2.18. The lowest BCUT2D eigenvalue weighted by molar-refractivity contribution is 0.329. The highest BCUT2D eigenvalue weighted by Gasteiger charge is 2.03. The van der Waals surface area contributed by atoms with Crippen molar-refractivity contribution in [1.82, 2.24) is 0 Å². The minimum atomic E-state index is -0.220. The Morgan fingerprint density at radius 3 is 2.25 bits per heavy atom. The van der Waals surface area contributed by atoms with Crippen molar-refractivity contribution < 1.29 is 14.6 Å². The van der Waals surface area contributed by atoms with E-state index in [9.17, 15) is 0 Å². The van der Waals surface area contributed by atoms with Crippen LogP contribution >= 0.6 is 0 Å². The van der Waals surface area contributed by atoms with Gasteiger partial charge in [0.05, 0.1) is 5.56 Å². The van der Waals surface area contributed by atoms with Gasteiger partial charge in [-0.1, -0.05) is 0 Å². The van der Waals surface area contributed by atoms with Crippen LogP contribution in [-0.4, -0.2) is 10.2 Å². The Hall–Kier alpha value is -1.12. The maximum atomic E-state index is 8.69. The molecule has 0 aliphatic rings. The molecule has 0 saturated carbocycles. The van der Waals surface area contributed by atoms with E-state index < -0.39 is 0 Å². The van der Waals surface area contributed by atoms with E-state index in [1.807, 2.05) is 0 Å². The third kappa shape index (κ3) is 0.521. The number of aromatic hydroxyl groups is 2. The average Bonchev–Trinajstić information content (AvgIpc) is 1.98. The molecule has 8 heavy (non-hydrogen) atoms. The van der Waals surface area contributed by atoms with Gasteiger partial charge in [0.25, 0.3) is 5.95 Å². The topological polar surface area (TPSA) is 53.6 Å². The first kappa shape index (κ1) is 5.03. The van der Waals surface area contributed by atoms with Gasteiger partial charge in [0, 0.05) is 0 Å². The Bertz CT molecular complexity index is 170. The maximum Gasteiger partial charge on any atom is 0.288 e. The molecule has 0 unspecified atom stereocenters. The Morgan fingerprint density at radius 1 is 1.50 bits per heavy atom. The molecule has 3 heteroatoms. The van der Waals surface area contributed by atoms with Crippen molar-refractivity contribution in [2.45, 2.75) is 6.92 Å². The highest BCUT2D eigenvalue weighted by Crippen LogP contribution is 2.26. The molecule has 0 aliphatic heterocycles. The Morgan fingerprint density at radius 2 is 2.12 bits per heavy atom. The van der Waals surface area contributed by atoms with Gasteiger partial charge in [0.1, 0.15) is 6.26 Å². The van der Waals surface area contributed by atoms with E-state index >= 15 is 0 Å². The molecule has 0 radical (unpaired) electrons. The van der Waals surface area contributed by atoms with Gasteiger partial charge in [-0.15, -0.1) is 0 Å². The Balaban J connectivity index is 3.19. The lowest BCUT2D eigenvalue weighted by atomic mass is 10.3. The van der Waals surface area contributed by atoms with Crippen LogP contribution in [0.15, 0.2) is 10.7 Å². The number of hydrogen-bond acceptors (Lipinski definition) is 3. The van der Waals surface area contributed by atoms with Crippen LogP contribution in [0.5, 0.6) is 11.7 Å². The number of hydrogen-bond donors (Lipinski definition) is 2. The highest BCUT2D eigenvalue weighted by molar-refractivity contribution is 5.33. The minimum absolute atomic E-state index is 0.0116. The van der Waals surface area contributed by atoms with Crippen LogP contribution in [0.2, 0.25) is 0 Å². The molecule has 0 spiro atoms. The standard InChI is InChI=1S/C5H6O3/c1-3-4(6)2-8-5(3)7/h2,6-7H,1H3. The van der Waals surface area contributed by atoms with Gasteiger partial charge in [0.2, 0.25) is 0 Å². The predicted molar refractivity (Wildman–Crippen MR) is 26.8 cm³/mol. The maximum absolute atomic E-state index is 8.69. The van der Waals surface area contributed by atoms with Gasteiger partial charge < -0.3 is 14.6 Å². The summed E-state index contributed by atoms with van der Waals surface area (Å²) in [5, 5.41) is 17.3. The average molecular weight is 114 g/mol. The normalized spacial score (nSPS) is 9.62. The Kier molecular flexibility index (Phi) is 0.901. The second-order valence-corrected chi connectivity index (χ2v) is 1.55. The molecule has 0 aromatic carbocycles. The summed E-state index contributed by atoms with van der Waals surface area (Å²) in [7, 11) is 0.